The summed E-state index contributed by atoms with van der Waals surface area (Å²) in [5, 5.41) is 43.0. The zero-order chi connectivity index (χ0) is 20.9. The normalized spacial score (nSPS) is 27.7. The van der Waals surface area contributed by atoms with Crippen LogP contribution in [0.3, 0.4) is 0 Å². The van der Waals surface area contributed by atoms with Crippen molar-refractivity contribution < 1.29 is 29.6 Å². The third kappa shape index (κ3) is 4.62. The lowest BCUT2D eigenvalue weighted by Gasteiger charge is -2.44. The largest absolute Gasteiger partial charge is 0.397 e. The molecule has 0 saturated carbocycles. The van der Waals surface area contributed by atoms with Gasteiger partial charge in [0.15, 0.2) is 6.29 Å². The molecule has 2 aromatic carbocycles. The fourth-order valence-corrected chi connectivity index (χ4v) is 8.26. The minimum Gasteiger partial charge on any atom is -0.397 e. The SMILES string of the molecule is CCCC[Si](O[C@@H]1[C@@H](O)[C@H](O)[C@@H](CO)O[C@H]1O)(c1ccccc1)c1ccccc1. The highest BCUT2D eigenvalue weighted by Gasteiger charge is 2.50. The molecule has 4 N–H and O–H groups in total. The maximum absolute atomic E-state index is 10.7. The maximum atomic E-state index is 10.7. The Morgan fingerprint density at radius 1 is 0.897 bits per heavy atom. The molecule has 1 saturated heterocycles. The van der Waals surface area contributed by atoms with E-state index in [4.69, 9.17) is 9.16 Å². The number of unbranched alkanes of at least 4 members (excludes halogenated alkanes) is 1. The minimum atomic E-state index is -2.88. The van der Waals surface area contributed by atoms with Gasteiger partial charge in [-0.2, -0.15) is 0 Å². The standard InChI is InChI=1S/C22H30O6Si/c1-2-3-14-29(16-10-6-4-7-11-16,17-12-8-5-9-13-17)28-21-20(25)19(24)18(15-23)27-22(21)26/h4-13,18-26H,2-3,14-15H2,1H3/t18-,19-,20+,21-,22-/m1/s1. The van der Waals surface area contributed by atoms with Crippen molar-refractivity contribution in [1.82, 2.24) is 0 Å². The number of benzene rings is 2. The number of aliphatic hydroxyl groups is 4. The first-order chi connectivity index (χ1) is 14.0. The second-order valence-corrected chi connectivity index (χ2v) is 11.0. The lowest BCUT2D eigenvalue weighted by atomic mass is 9.99. The van der Waals surface area contributed by atoms with Crippen LogP contribution in [0.1, 0.15) is 19.8 Å². The number of ether oxygens (including phenoxy) is 1. The van der Waals surface area contributed by atoms with E-state index in [0.29, 0.717) is 0 Å². The van der Waals surface area contributed by atoms with Gasteiger partial charge in [0.2, 0.25) is 0 Å². The molecule has 2 aromatic rings. The molecule has 158 valence electrons. The van der Waals surface area contributed by atoms with Crippen LogP contribution in [0.5, 0.6) is 0 Å². The quantitative estimate of drug-likeness (QED) is 0.462. The second kappa shape index (κ2) is 9.95. The van der Waals surface area contributed by atoms with Crippen molar-refractivity contribution in [2.75, 3.05) is 6.61 Å². The molecule has 5 atom stereocenters. The number of hydrogen-bond acceptors (Lipinski definition) is 6. The summed E-state index contributed by atoms with van der Waals surface area (Å²) in [6, 6.07) is 20.5. The second-order valence-electron chi connectivity index (χ2n) is 7.47. The smallest absolute Gasteiger partial charge is 0.256 e. The lowest BCUT2D eigenvalue weighted by Crippen LogP contribution is -2.68. The Kier molecular flexibility index (Phi) is 7.59. The molecule has 1 fully saturated rings. The van der Waals surface area contributed by atoms with Crippen LogP contribution < -0.4 is 10.4 Å². The molecule has 0 amide bonds. The van der Waals surface area contributed by atoms with Crippen molar-refractivity contribution in [3.05, 3.63) is 60.7 Å². The van der Waals surface area contributed by atoms with Crippen molar-refractivity contribution in [3.63, 3.8) is 0 Å². The van der Waals surface area contributed by atoms with Crippen LogP contribution >= 0.6 is 0 Å². The van der Waals surface area contributed by atoms with Crippen LogP contribution in [0.25, 0.3) is 0 Å². The van der Waals surface area contributed by atoms with Crippen molar-refractivity contribution >= 4 is 18.7 Å². The maximum Gasteiger partial charge on any atom is 0.256 e. The van der Waals surface area contributed by atoms with Crippen molar-refractivity contribution in [2.45, 2.75) is 56.5 Å². The molecule has 0 aliphatic carbocycles. The van der Waals surface area contributed by atoms with Gasteiger partial charge in [-0.3, -0.25) is 0 Å². The predicted molar refractivity (Wildman–Crippen MR) is 112 cm³/mol. The van der Waals surface area contributed by atoms with Gasteiger partial charge >= 0.3 is 0 Å². The van der Waals surface area contributed by atoms with Gasteiger partial charge in [0.25, 0.3) is 8.32 Å². The fourth-order valence-electron chi connectivity index (χ4n) is 3.92. The van der Waals surface area contributed by atoms with Crippen LogP contribution in [-0.4, -0.2) is 66.1 Å². The van der Waals surface area contributed by atoms with Crippen LogP contribution in [-0.2, 0) is 9.16 Å². The van der Waals surface area contributed by atoms with E-state index < -0.39 is 45.6 Å². The zero-order valence-electron chi connectivity index (χ0n) is 16.6. The minimum absolute atomic E-state index is 0.502. The van der Waals surface area contributed by atoms with Crippen LogP contribution in [0.4, 0.5) is 0 Å². The molecule has 0 bridgehead atoms. The molecule has 0 aromatic heterocycles. The van der Waals surface area contributed by atoms with Gasteiger partial charge in [0.1, 0.15) is 24.4 Å². The highest BCUT2D eigenvalue weighted by molar-refractivity contribution is 6.97. The van der Waals surface area contributed by atoms with Crippen molar-refractivity contribution in [2.24, 2.45) is 0 Å². The van der Waals surface area contributed by atoms with Gasteiger partial charge in [0, 0.05) is 0 Å². The predicted octanol–water partition coefficient (Wildman–Crippen LogP) is 0.363. The molecule has 0 unspecified atom stereocenters. The molecule has 1 aliphatic rings. The Morgan fingerprint density at radius 3 is 1.93 bits per heavy atom. The van der Waals surface area contributed by atoms with E-state index >= 15 is 0 Å². The van der Waals surface area contributed by atoms with Crippen molar-refractivity contribution in [1.29, 1.82) is 0 Å². The number of rotatable bonds is 8. The monoisotopic (exact) mass is 418 g/mol. The van der Waals surface area contributed by atoms with E-state index in [1.165, 1.54) is 0 Å². The van der Waals surface area contributed by atoms with Crippen LogP contribution in [0.15, 0.2) is 60.7 Å². The fraction of sp³-hybridized carbons (Fsp3) is 0.455. The van der Waals surface area contributed by atoms with E-state index in [1.807, 2.05) is 60.7 Å². The molecule has 7 heteroatoms. The topological polar surface area (TPSA) is 99.4 Å². The molecule has 1 heterocycles. The highest BCUT2D eigenvalue weighted by atomic mass is 28.4. The van der Waals surface area contributed by atoms with E-state index in [1.54, 1.807) is 0 Å². The molecule has 1 aliphatic heterocycles. The van der Waals surface area contributed by atoms with Gasteiger partial charge in [0.05, 0.1) is 6.61 Å². The van der Waals surface area contributed by atoms with Crippen molar-refractivity contribution in [3.8, 4) is 0 Å². The Bertz CT molecular complexity index is 704. The Labute approximate surface area is 172 Å². The first-order valence-electron chi connectivity index (χ1n) is 10.1. The first kappa shape index (κ1) is 22.1. The summed E-state index contributed by atoms with van der Waals surface area (Å²) < 4.78 is 12.0. The summed E-state index contributed by atoms with van der Waals surface area (Å²) in [6.07, 6.45) is -4.48. The van der Waals surface area contributed by atoms with Crippen LogP contribution in [0, 0.1) is 0 Å². The summed E-state index contributed by atoms with van der Waals surface area (Å²) in [5.74, 6) is 0. The highest BCUT2D eigenvalue weighted by Crippen LogP contribution is 2.27. The summed E-state index contributed by atoms with van der Waals surface area (Å²) in [6.45, 7) is 1.61. The number of aliphatic hydroxyl groups excluding tert-OH is 4. The molecule has 3 rings (SSSR count). The van der Waals surface area contributed by atoms with E-state index in [-0.39, 0.29) is 0 Å². The van der Waals surface area contributed by atoms with Gasteiger partial charge in [-0.05, 0) is 16.4 Å². The third-order valence-corrected chi connectivity index (χ3v) is 9.81. The molecule has 29 heavy (non-hydrogen) atoms. The molecule has 0 spiro atoms. The Morgan fingerprint density at radius 2 is 1.45 bits per heavy atom. The van der Waals surface area contributed by atoms with Gasteiger partial charge < -0.3 is 29.6 Å². The average Bonchev–Trinajstić information content (AvgIpc) is 2.77. The summed E-state index contributed by atoms with van der Waals surface area (Å²) in [5.41, 5.74) is 0. The van der Waals surface area contributed by atoms with E-state index in [0.717, 1.165) is 29.3 Å². The van der Waals surface area contributed by atoms with Gasteiger partial charge in [-0.1, -0.05) is 80.4 Å². The average molecular weight is 419 g/mol. The molecular formula is C22H30O6Si. The lowest BCUT2D eigenvalue weighted by molar-refractivity contribution is -0.282. The zero-order valence-corrected chi connectivity index (χ0v) is 17.6. The van der Waals surface area contributed by atoms with Gasteiger partial charge in [-0.15, -0.1) is 0 Å². The summed E-state index contributed by atoms with van der Waals surface area (Å²) >= 11 is 0. The Hall–Kier alpha value is -1.58. The molecule has 6 nitrogen and oxygen atoms in total. The number of hydrogen-bond donors (Lipinski definition) is 4. The first-order valence-corrected chi connectivity index (χ1v) is 12.2. The van der Waals surface area contributed by atoms with Crippen LogP contribution in [0.2, 0.25) is 6.04 Å². The Balaban J connectivity index is 2.05. The molecular weight excluding hydrogens is 388 g/mol. The summed E-state index contributed by atoms with van der Waals surface area (Å²) in [7, 11) is -2.88. The molecule has 0 radical (unpaired) electrons. The van der Waals surface area contributed by atoms with E-state index in [9.17, 15) is 20.4 Å². The van der Waals surface area contributed by atoms with E-state index in [2.05, 4.69) is 6.92 Å². The summed E-state index contributed by atoms with van der Waals surface area (Å²) in [4.78, 5) is 0. The third-order valence-electron chi connectivity index (χ3n) is 5.54. The van der Waals surface area contributed by atoms with Gasteiger partial charge in [-0.25, -0.2) is 0 Å².